The third-order valence-electron chi connectivity index (χ3n) is 7.02. The summed E-state index contributed by atoms with van der Waals surface area (Å²) in [4.78, 5) is 42.3. The quantitative estimate of drug-likeness (QED) is 0.140. The van der Waals surface area contributed by atoms with E-state index in [2.05, 4.69) is 26.3 Å². The average Bonchev–Trinajstić information content (AvgIpc) is 2.97. The number of aryl methyl sites for hydroxylation is 1. The highest BCUT2D eigenvalue weighted by molar-refractivity contribution is 9.10. The molecular weight excluding hydrogens is 590 g/mol. The number of ether oxygens (including phenoxy) is 1. The number of halogens is 1. The van der Waals surface area contributed by atoms with E-state index in [1.54, 1.807) is 30.3 Å². The second-order valence-electron chi connectivity index (χ2n) is 9.98. The predicted molar refractivity (Wildman–Crippen MR) is 161 cm³/mol. The van der Waals surface area contributed by atoms with Crippen LogP contribution in [0.4, 0.5) is 11.4 Å². The summed E-state index contributed by atoms with van der Waals surface area (Å²) >= 11 is 3.42. The van der Waals surface area contributed by atoms with Crippen LogP contribution in [-0.4, -0.2) is 33.3 Å². The largest absolute Gasteiger partial charge is 0.476 e. The zero-order chi connectivity index (χ0) is 28.9. The van der Waals surface area contributed by atoms with E-state index < -0.39 is 17.4 Å². The number of nitrogens with zero attached hydrogens (tertiary/aromatic N) is 4. The van der Waals surface area contributed by atoms with Gasteiger partial charge in [0.2, 0.25) is 5.75 Å². The minimum absolute atomic E-state index is 0.0629. The van der Waals surface area contributed by atoms with E-state index in [9.17, 15) is 19.7 Å². The molecule has 1 N–H and O–H groups in total. The molecule has 1 aliphatic carbocycles. The summed E-state index contributed by atoms with van der Waals surface area (Å²) in [6.45, 7) is 1.48. The Morgan fingerprint density at radius 3 is 2.66 bits per heavy atom. The molecule has 3 aromatic carbocycles. The number of hydrogen-bond acceptors (Lipinski definition) is 7. The zero-order valence-electron chi connectivity index (χ0n) is 22.4. The van der Waals surface area contributed by atoms with Crippen LogP contribution in [0.15, 0.2) is 75.0 Å². The van der Waals surface area contributed by atoms with Gasteiger partial charge in [-0.3, -0.25) is 19.7 Å². The Hall–Kier alpha value is -4.38. The van der Waals surface area contributed by atoms with Gasteiger partial charge in [-0.25, -0.2) is 4.98 Å². The molecule has 0 saturated heterocycles. The van der Waals surface area contributed by atoms with E-state index in [0.29, 0.717) is 22.4 Å². The molecule has 11 heteroatoms. The summed E-state index contributed by atoms with van der Waals surface area (Å²) in [5, 5.41) is 19.4. The van der Waals surface area contributed by atoms with Crippen molar-refractivity contribution in [2.75, 3.05) is 11.9 Å². The first-order chi connectivity index (χ1) is 19.8. The SMILES string of the molecule is Cc1ccc(NC(=O)COc2c(C=Nn3c(C4CCCCC4)nc4ccc(Br)cc4c3=O)cccc2[N+](=O)[O-])cc1. The Morgan fingerprint density at radius 1 is 1.17 bits per heavy atom. The Morgan fingerprint density at radius 2 is 1.93 bits per heavy atom. The smallest absolute Gasteiger partial charge is 0.311 e. The topological polar surface area (TPSA) is 129 Å². The summed E-state index contributed by atoms with van der Waals surface area (Å²) in [6.07, 6.45) is 6.35. The molecule has 5 rings (SSSR count). The molecular formula is C30H28BrN5O5. The first-order valence-corrected chi connectivity index (χ1v) is 14.1. The van der Waals surface area contributed by atoms with Gasteiger partial charge in [0.05, 0.1) is 22.0 Å². The molecule has 0 unspecified atom stereocenters. The van der Waals surface area contributed by atoms with Crippen LogP contribution < -0.4 is 15.6 Å². The molecule has 1 fully saturated rings. The zero-order valence-corrected chi connectivity index (χ0v) is 24.0. The highest BCUT2D eigenvalue weighted by Crippen LogP contribution is 2.33. The number of carbonyl (C=O) groups is 1. The highest BCUT2D eigenvalue weighted by atomic mass is 79.9. The fraction of sp³-hybridized carbons (Fsp3) is 0.267. The normalized spacial score (nSPS) is 13.9. The van der Waals surface area contributed by atoms with Crippen molar-refractivity contribution >= 4 is 50.3 Å². The molecule has 0 radical (unpaired) electrons. The number of fused-ring (bicyclic) bond motifs is 1. The molecule has 1 heterocycles. The van der Waals surface area contributed by atoms with Gasteiger partial charge in [-0.05, 0) is 56.2 Å². The van der Waals surface area contributed by atoms with Gasteiger partial charge >= 0.3 is 5.69 Å². The number of nitro groups is 1. The average molecular weight is 618 g/mol. The molecule has 4 aromatic rings. The summed E-state index contributed by atoms with van der Waals surface area (Å²) in [5.74, 6) is 0.0261. The van der Waals surface area contributed by atoms with Crippen LogP contribution in [0.25, 0.3) is 10.9 Å². The molecule has 10 nitrogen and oxygen atoms in total. The second-order valence-corrected chi connectivity index (χ2v) is 10.9. The highest BCUT2D eigenvalue weighted by Gasteiger charge is 2.23. The number of nitro benzene ring substituents is 1. The molecule has 1 amide bonds. The van der Waals surface area contributed by atoms with Crippen LogP contribution in [0.1, 0.15) is 55.0 Å². The van der Waals surface area contributed by atoms with E-state index in [1.165, 1.54) is 23.0 Å². The maximum atomic E-state index is 13.6. The third-order valence-corrected chi connectivity index (χ3v) is 7.51. The first kappa shape index (κ1) is 28.2. The number of carbonyl (C=O) groups excluding carboxylic acids is 1. The second kappa shape index (κ2) is 12.4. The molecule has 0 bridgehead atoms. The van der Waals surface area contributed by atoms with Crippen molar-refractivity contribution in [2.45, 2.75) is 44.9 Å². The van der Waals surface area contributed by atoms with Crippen LogP contribution >= 0.6 is 15.9 Å². The molecule has 0 aliphatic heterocycles. The van der Waals surface area contributed by atoms with Crippen LogP contribution in [0.5, 0.6) is 5.75 Å². The maximum Gasteiger partial charge on any atom is 0.311 e. The van der Waals surface area contributed by atoms with Crippen LogP contribution in [0, 0.1) is 17.0 Å². The van der Waals surface area contributed by atoms with Gasteiger partial charge in [0.25, 0.3) is 11.5 Å². The van der Waals surface area contributed by atoms with Crippen molar-refractivity contribution in [3.63, 3.8) is 0 Å². The fourth-order valence-corrected chi connectivity index (χ4v) is 5.30. The Labute approximate surface area is 244 Å². The summed E-state index contributed by atoms with van der Waals surface area (Å²) in [5.41, 5.74) is 1.81. The number of para-hydroxylation sites is 1. The van der Waals surface area contributed by atoms with Crippen LogP contribution in [0.3, 0.4) is 0 Å². The number of aromatic nitrogens is 2. The monoisotopic (exact) mass is 617 g/mol. The van der Waals surface area contributed by atoms with Crippen molar-refractivity contribution in [3.05, 3.63) is 103 Å². The summed E-state index contributed by atoms with van der Waals surface area (Å²) in [7, 11) is 0. The van der Waals surface area contributed by atoms with E-state index in [0.717, 1.165) is 42.1 Å². The Balaban J connectivity index is 1.49. The minimum Gasteiger partial charge on any atom is -0.476 e. The van der Waals surface area contributed by atoms with E-state index >= 15 is 0 Å². The number of hydrogen-bond donors (Lipinski definition) is 1. The van der Waals surface area contributed by atoms with Crippen molar-refractivity contribution in [3.8, 4) is 5.75 Å². The third kappa shape index (κ3) is 6.51. The lowest BCUT2D eigenvalue weighted by Gasteiger charge is -2.22. The van der Waals surface area contributed by atoms with Gasteiger partial charge in [-0.2, -0.15) is 9.78 Å². The van der Waals surface area contributed by atoms with Gasteiger partial charge in [-0.15, -0.1) is 0 Å². The lowest BCUT2D eigenvalue weighted by atomic mass is 9.88. The number of rotatable bonds is 8. The van der Waals surface area contributed by atoms with Gasteiger partial charge in [0.1, 0.15) is 5.82 Å². The lowest BCUT2D eigenvalue weighted by molar-refractivity contribution is -0.385. The van der Waals surface area contributed by atoms with Gasteiger partial charge in [-0.1, -0.05) is 59.0 Å². The molecule has 41 heavy (non-hydrogen) atoms. The predicted octanol–water partition coefficient (Wildman–Crippen LogP) is 6.32. The lowest BCUT2D eigenvalue weighted by Crippen LogP contribution is -2.25. The van der Waals surface area contributed by atoms with E-state index in [1.807, 2.05) is 25.1 Å². The molecule has 1 aliphatic rings. The van der Waals surface area contributed by atoms with Crippen molar-refractivity contribution in [2.24, 2.45) is 5.10 Å². The van der Waals surface area contributed by atoms with Crippen molar-refractivity contribution < 1.29 is 14.5 Å². The van der Waals surface area contributed by atoms with Gasteiger partial charge < -0.3 is 10.1 Å². The number of benzene rings is 3. The van der Waals surface area contributed by atoms with Crippen molar-refractivity contribution in [1.82, 2.24) is 9.66 Å². The molecule has 1 aromatic heterocycles. The van der Waals surface area contributed by atoms with Gasteiger partial charge in [0, 0.05) is 27.7 Å². The number of nitrogens with one attached hydrogen (secondary N) is 1. The molecule has 0 spiro atoms. The number of anilines is 1. The van der Waals surface area contributed by atoms with Crippen LogP contribution in [0.2, 0.25) is 0 Å². The van der Waals surface area contributed by atoms with E-state index in [4.69, 9.17) is 9.72 Å². The standard InChI is InChI=1S/C30H28BrN5O5/c1-19-10-13-23(14-11-19)33-27(37)18-41-28-21(8-5-9-26(28)36(39)40)17-32-35-29(20-6-3-2-4-7-20)34-25-15-12-22(31)16-24(25)30(35)38/h5,8-17,20H,2-4,6-7,18H2,1H3,(H,33,37). The minimum atomic E-state index is -0.584. The fourth-order valence-electron chi connectivity index (χ4n) is 4.94. The van der Waals surface area contributed by atoms with Gasteiger partial charge in [0.15, 0.2) is 6.61 Å². The van der Waals surface area contributed by atoms with Crippen molar-refractivity contribution in [1.29, 1.82) is 0 Å². The molecule has 0 atom stereocenters. The molecule has 210 valence electrons. The molecule has 1 saturated carbocycles. The number of amides is 1. The summed E-state index contributed by atoms with van der Waals surface area (Å²) in [6, 6.07) is 17.0. The first-order valence-electron chi connectivity index (χ1n) is 13.3. The Kier molecular flexibility index (Phi) is 8.53. The Bertz CT molecular complexity index is 1690. The van der Waals surface area contributed by atoms with Crippen LogP contribution in [-0.2, 0) is 4.79 Å². The summed E-state index contributed by atoms with van der Waals surface area (Å²) < 4.78 is 7.71. The van der Waals surface area contributed by atoms with E-state index in [-0.39, 0.29) is 28.5 Å². The maximum absolute atomic E-state index is 13.6.